The maximum atomic E-state index is 5.90. The van der Waals surface area contributed by atoms with Crippen molar-refractivity contribution in [2.24, 2.45) is 0 Å². The molecule has 4 nitrogen and oxygen atoms in total. The number of methoxy groups -OCH3 is 1. The summed E-state index contributed by atoms with van der Waals surface area (Å²) in [4.78, 5) is 8.20. The van der Waals surface area contributed by atoms with Gasteiger partial charge in [-0.25, -0.2) is 4.98 Å². The second-order valence-corrected chi connectivity index (χ2v) is 5.23. The highest BCUT2D eigenvalue weighted by Gasteiger charge is 2.08. The van der Waals surface area contributed by atoms with Crippen LogP contribution in [-0.2, 0) is 11.3 Å². The van der Waals surface area contributed by atoms with Crippen molar-refractivity contribution >= 4 is 39.1 Å². The van der Waals surface area contributed by atoms with Crippen LogP contribution in [0.25, 0.3) is 0 Å². The van der Waals surface area contributed by atoms with Crippen molar-refractivity contribution in [3.05, 3.63) is 44.7 Å². The third-order valence-corrected chi connectivity index (χ3v) is 3.15. The van der Waals surface area contributed by atoms with E-state index >= 15 is 0 Å². The molecule has 0 aliphatic rings. The Bertz CT molecular complexity index is 596. The zero-order chi connectivity index (χ0) is 13.8. The van der Waals surface area contributed by atoms with Crippen LogP contribution in [0.3, 0.4) is 0 Å². The average Bonchev–Trinajstić information content (AvgIpc) is 2.32. The van der Waals surface area contributed by atoms with Gasteiger partial charge in [0.15, 0.2) is 5.82 Å². The number of halogens is 3. The summed E-state index contributed by atoms with van der Waals surface area (Å²) < 4.78 is 11.3. The molecule has 0 fully saturated rings. The molecule has 0 spiro atoms. The van der Waals surface area contributed by atoms with Crippen molar-refractivity contribution in [1.82, 2.24) is 9.97 Å². The van der Waals surface area contributed by atoms with Crippen LogP contribution in [0.15, 0.2) is 28.7 Å². The van der Waals surface area contributed by atoms with Crippen molar-refractivity contribution in [3.8, 4) is 11.6 Å². The SMILES string of the molecule is COCc1nc(Cl)cc(Oc2ccc(Cl)cc2Br)n1. The average molecular weight is 364 g/mol. The molecule has 0 atom stereocenters. The Morgan fingerprint density at radius 1 is 1.21 bits per heavy atom. The highest BCUT2D eigenvalue weighted by molar-refractivity contribution is 9.10. The smallest absolute Gasteiger partial charge is 0.224 e. The van der Waals surface area contributed by atoms with E-state index in [4.69, 9.17) is 32.7 Å². The molecule has 100 valence electrons. The topological polar surface area (TPSA) is 44.2 Å². The third-order valence-electron chi connectivity index (χ3n) is 2.10. The van der Waals surface area contributed by atoms with E-state index in [0.717, 1.165) is 4.47 Å². The minimum atomic E-state index is 0.263. The van der Waals surface area contributed by atoms with E-state index in [-0.39, 0.29) is 6.61 Å². The number of nitrogens with zero attached hydrogens (tertiary/aromatic N) is 2. The quantitative estimate of drug-likeness (QED) is 0.751. The number of benzene rings is 1. The molecule has 0 aliphatic heterocycles. The van der Waals surface area contributed by atoms with Crippen LogP contribution in [0.5, 0.6) is 11.6 Å². The summed E-state index contributed by atoms with van der Waals surface area (Å²) in [6.07, 6.45) is 0. The summed E-state index contributed by atoms with van der Waals surface area (Å²) in [6, 6.07) is 6.72. The maximum absolute atomic E-state index is 5.90. The van der Waals surface area contributed by atoms with Gasteiger partial charge in [-0.1, -0.05) is 23.2 Å². The van der Waals surface area contributed by atoms with Crippen LogP contribution in [0, 0.1) is 0 Å². The summed E-state index contributed by atoms with van der Waals surface area (Å²) in [5.41, 5.74) is 0. The first-order chi connectivity index (χ1) is 9.08. The number of aromatic nitrogens is 2. The van der Waals surface area contributed by atoms with Crippen molar-refractivity contribution < 1.29 is 9.47 Å². The summed E-state index contributed by atoms with van der Waals surface area (Å²) in [6.45, 7) is 0.263. The van der Waals surface area contributed by atoms with Gasteiger partial charge in [-0.2, -0.15) is 4.98 Å². The van der Waals surface area contributed by atoms with Gasteiger partial charge >= 0.3 is 0 Å². The number of rotatable bonds is 4. The Morgan fingerprint density at radius 2 is 2.00 bits per heavy atom. The van der Waals surface area contributed by atoms with Crippen LogP contribution in [0.1, 0.15) is 5.82 Å². The Hall–Kier alpha value is -0.880. The van der Waals surface area contributed by atoms with E-state index in [2.05, 4.69) is 25.9 Å². The first-order valence-corrected chi connectivity index (χ1v) is 6.78. The van der Waals surface area contributed by atoms with Gasteiger partial charge in [0.1, 0.15) is 17.5 Å². The number of hydrogen-bond donors (Lipinski definition) is 0. The second-order valence-electron chi connectivity index (χ2n) is 3.55. The van der Waals surface area contributed by atoms with Gasteiger partial charge in [-0.05, 0) is 34.1 Å². The summed E-state index contributed by atoms with van der Waals surface area (Å²) in [7, 11) is 1.56. The van der Waals surface area contributed by atoms with E-state index in [1.54, 1.807) is 25.3 Å². The molecule has 0 bridgehead atoms. The second kappa shape index (κ2) is 6.52. The fourth-order valence-corrected chi connectivity index (χ4v) is 2.31. The fraction of sp³-hybridized carbons (Fsp3) is 0.167. The van der Waals surface area contributed by atoms with Gasteiger partial charge in [-0.3, -0.25) is 0 Å². The molecule has 1 aromatic carbocycles. The lowest BCUT2D eigenvalue weighted by molar-refractivity contribution is 0.177. The molecule has 0 unspecified atom stereocenters. The summed E-state index contributed by atoms with van der Waals surface area (Å²) in [5, 5.41) is 0.905. The van der Waals surface area contributed by atoms with Crippen LogP contribution in [0.2, 0.25) is 10.2 Å². The lowest BCUT2D eigenvalue weighted by Gasteiger charge is -2.08. The van der Waals surface area contributed by atoms with E-state index in [9.17, 15) is 0 Å². The van der Waals surface area contributed by atoms with Crippen LogP contribution >= 0.6 is 39.1 Å². The lowest BCUT2D eigenvalue weighted by atomic mass is 10.3. The van der Waals surface area contributed by atoms with Crippen LogP contribution in [0.4, 0.5) is 0 Å². The highest BCUT2D eigenvalue weighted by atomic mass is 79.9. The van der Waals surface area contributed by atoms with E-state index in [1.165, 1.54) is 6.07 Å². The molecule has 0 saturated heterocycles. The molecule has 0 saturated carbocycles. The van der Waals surface area contributed by atoms with Gasteiger partial charge in [0, 0.05) is 18.2 Å². The van der Waals surface area contributed by atoms with Crippen molar-refractivity contribution in [3.63, 3.8) is 0 Å². The molecule has 0 amide bonds. The number of hydrogen-bond acceptors (Lipinski definition) is 4. The Balaban J connectivity index is 2.27. The minimum Gasteiger partial charge on any atom is -0.438 e. The highest BCUT2D eigenvalue weighted by Crippen LogP contribution is 2.31. The largest absolute Gasteiger partial charge is 0.438 e. The van der Waals surface area contributed by atoms with E-state index in [1.807, 2.05) is 0 Å². The van der Waals surface area contributed by atoms with Crippen LogP contribution in [-0.4, -0.2) is 17.1 Å². The predicted molar refractivity (Wildman–Crippen MR) is 77.0 cm³/mol. The van der Waals surface area contributed by atoms with Crippen LogP contribution < -0.4 is 4.74 Å². The fourth-order valence-electron chi connectivity index (χ4n) is 1.36. The summed E-state index contributed by atoms with van der Waals surface area (Å²) >= 11 is 15.1. The Labute approximate surface area is 128 Å². The molecule has 7 heteroatoms. The predicted octanol–water partition coefficient (Wildman–Crippen LogP) is 4.48. The zero-order valence-electron chi connectivity index (χ0n) is 9.86. The first-order valence-electron chi connectivity index (χ1n) is 5.24. The minimum absolute atomic E-state index is 0.263. The maximum Gasteiger partial charge on any atom is 0.224 e. The first kappa shape index (κ1) is 14.5. The monoisotopic (exact) mass is 362 g/mol. The lowest BCUT2D eigenvalue weighted by Crippen LogP contribution is -1.99. The molecule has 0 aliphatic carbocycles. The van der Waals surface area contributed by atoms with Gasteiger partial charge in [0.25, 0.3) is 0 Å². The van der Waals surface area contributed by atoms with E-state index < -0.39 is 0 Å². The summed E-state index contributed by atoms with van der Waals surface area (Å²) in [5.74, 6) is 1.38. The van der Waals surface area contributed by atoms with E-state index in [0.29, 0.717) is 27.6 Å². The molecule has 2 rings (SSSR count). The van der Waals surface area contributed by atoms with Gasteiger partial charge in [-0.15, -0.1) is 0 Å². The molecule has 1 heterocycles. The molecule has 19 heavy (non-hydrogen) atoms. The normalized spacial score (nSPS) is 10.5. The molecule has 0 N–H and O–H groups in total. The number of ether oxygens (including phenoxy) is 2. The van der Waals surface area contributed by atoms with Crippen molar-refractivity contribution in [2.45, 2.75) is 6.61 Å². The Kier molecular flexibility index (Phi) is 4.99. The zero-order valence-corrected chi connectivity index (χ0v) is 13.0. The molecular formula is C12H9BrCl2N2O2. The van der Waals surface area contributed by atoms with Gasteiger partial charge in [0.05, 0.1) is 4.47 Å². The standard InChI is InChI=1S/C12H9BrCl2N2O2/c1-18-6-11-16-10(15)5-12(17-11)19-9-3-2-7(14)4-8(9)13/h2-5H,6H2,1H3. The molecule has 2 aromatic rings. The molecule has 0 radical (unpaired) electrons. The molecular weight excluding hydrogens is 355 g/mol. The Morgan fingerprint density at radius 3 is 2.68 bits per heavy atom. The van der Waals surface area contributed by atoms with Gasteiger partial charge in [0.2, 0.25) is 5.88 Å². The third kappa shape index (κ3) is 4.04. The van der Waals surface area contributed by atoms with Crippen molar-refractivity contribution in [1.29, 1.82) is 0 Å². The van der Waals surface area contributed by atoms with Gasteiger partial charge < -0.3 is 9.47 Å². The molecule has 1 aromatic heterocycles. The van der Waals surface area contributed by atoms with Crippen molar-refractivity contribution in [2.75, 3.05) is 7.11 Å².